The molecule has 0 bridgehead atoms. The number of nitrogens with two attached hydrogens (primary N) is 1. The van der Waals surface area contributed by atoms with Crippen molar-refractivity contribution in [1.29, 1.82) is 0 Å². The normalized spacial score (nSPS) is 10.6. The van der Waals surface area contributed by atoms with Crippen molar-refractivity contribution < 1.29 is 19.1 Å². The van der Waals surface area contributed by atoms with Crippen LogP contribution in [0.25, 0.3) is 0 Å². The molecule has 0 spiro atoms. The summed E-state index contributed by atoms with van der Waals surface area (Å²) >= 11 is 0. The number of carbonyl (C=O) groups is 2. The first kappa shape index (κ1) is 22.7. The Morgan fingerprint density at radius 1 is 1.03 bits per heavy atom. The van der Waals surface area contributed by atoms with Crippen LogP contribution in [0.4, 0.5) is 5.69 Å². The highest BCUT2D eigenvalue weighted by atomic mass is 16.5. The third-order valence-electron chi connectivity index (χ3n) is 4.29. The zero-order valence-electron chi connectivity index (χ0n) is 17.6. The van der Waals surface area contributed by atoms with E-state index >= 15 is 0 Å². The topological polar surface area (TPSA) is 106 Å². The molecule has 0 saturated carbocycles. The number of hydrogen-bond donors (Lipinski definition) is 2. The van der Waals surface area contributed by atoms with Crippen LogP contribution in [-0.4, -0.2) is 49.2 Å². The van der Waals surface area contributed by atoms with Crippen molar-refractivity contribution in [3.8, 4) is 11.5 Å². The van der Waals surface area contributed by atoms with Gasteiger partial charge in [0.05, 0.1) is 12.8 Å². The van der Waals surface area contributed by atoms with Gasteiger partial charge in [-0.2, -0.15) is 5.10 Å². The van der Waals surface area contributed by atoms with Crippen molar-refractivity contribution in [2.24, 2.45) is 5.10 Å². The second-order valence-electron chi connectivity index (χ2n) is 6.32. The average molecular weight is 412 g/mol. The van der Waals surface area contributed by atoms with Gasteiger partial charge in [-0.3, -0.25) is 9.59 Å². The molecular weight excluding hydrogens is 384 g/mol. The summed E-state index contributed by atoms with van der Waals surface area (Å²) in [5.41, 5.74) is 9.83. The number of ether oxygens (including phenoxy) is 2. The molecule has 0 heterocycles. The van der Waals surface area contributed by atoms with Crippen LogP contribution in [0.3, 0.4) is 0 Å². The predicted molar refractivity (Wildman–Crippen MR) is 117 cm³/mol. The molecule has 2 aromatic rings. The Morgan fingerprint density at radius 2 is 1.73 bits per heavy atom. The molecule has 0 aliphatic carbocycles. The maximum atomic E-state index is 12.1. The van der Waals surface area contributed by atoms with Crippen LogP contribution < -0.4 is 20.6 Å². The summed E-state index contributed by atoms with van der Waals surface area (Å²) in [5, 5.41) is 3.98. The third kappa shape index (κ3) is 6.51. The predicted octanol–water partition coefficient (Wildman–Crippen LogP) is 2.68. The van der Waals surface area contributed by atoms with Gasteiger partial charge in [-0.05, 0) is 68.8 Å². The van der Waals surface area contributed by atoms with Gasteiger partial charge < -0.3 is 20.1 Å². The summed E-state index contributed by atoms with van der Waals surface area (Å²) < 4.78 is 11.3. The van der Waals surface area contributed by atoms with Crippen LogP contribution in [0.2, 0.25) is 0 Å². The molecule has 8 heteroatoms. The van der Waals surface area contributed by atoms with Gasteiger partial charge in [0.1, 0.15) is 0 Å². The van der Waals surface area contributed by atoms with E-state index in [0.717, 1.165) is 0 Å². The first-order valence-corrected chi connectivity index (χ1v) is 9.84. The number of nitrogens with one attached hydrogen (secondary N) is 1. The van der Waals surface area contributed by atoms with Gasteiger partial charge in [-0.25, -0.2) is 5.43 Å². The zero-order valence-corrected chi connectivity index (χ0v) is 17.6. The highest BCUT2D eigenvalue weighted by Gasteiger charge is 2.13. The second-order valence-corrected chi connectivity index (χ2v) is 6.32. The maximum Gasteiger partial charge on any atom is 0.271 e. The molecule has 0 radical (unpaired) electrons. The lowest BCUT2D eigenvalue weighted by Crippen LogP contribution is -2.34. The lowest BCUT2D eigenvalue weighted by Gasteiger charge is -2.19. The molecule has 2 rings (SSSR count). The van der Waals surface area contributed by atoms with E-state index in [1.54, 1.807) is 47.4 Å². The Morgan fingerprint density at radius 3 is 2.37 bits per heavy atom. The van der Waals surface area contributed by atoms with Gasteiger partial charge in [0, 0.05) is 24.3 Å². The fourth-order valence-electron chi connectivity index (χ4n) is 2.66. The molecule has 0 aromatic heterocycles. The molecule has 30 heavy (non-hydrogen) atoms. The van der Waals surface area contributed by atoms with Crippen molar-refractivity contribution >= 4 is 23.7 Å². The molecule has 0 aliphatic rings. The summed E-state index contributed by atoms with van der Waals surface area (Å²) in [4.78, 5) is 25.9. The minimum Gasteiger partial charge on any atom is -0.490 e. The van der Waals surface area contributed by atoms with Gasteiger partial charge in [0.15, 0.2) is 18.1 Å². The summed E-state index contributed by atoms with van der Waals surface area (Å²) in [7, 11) is 0. The number of amides is 2. The largest absolute Gasteiger partial charge is 0.490 e. The van der Waals surface area contributed by atoms with Crippen molar-refractivity contribution in [3.63, 3.8) is 0 Å². The lowest BCUT2D eigenvalue weighted by atomic mass is 10.2. The van der Waals surface area contributed by atoms with Crippen molar-refractivity contribution in [2.45, 2.75) is 20.8 Å². The van der Waals surface area contributed by atoms with Crippen LogP contribution in [0.1, 0.15) is 36.7 Å². The van der Waals surface area contributed by atoms with Gasteiger partial charge in [0.25, 0.3) is 11.8 Å². The van der Waals surface area contributed by atoms with E-state index < -0.39 is 0 Å². The molecule has 3 N–H and O–H groups in total. The minimum atomic E-state index is -0.342. The molecule has 0 aliphatic heterocycles. The molecule has 0 atom stereocenters. The summed E-state index contributed by atoms with van der Waals surface area (Å²) in [5.74, 6) is 0.545. The molecule has 0 unspecified atom stereocenters. The zero-order chi connectivity index (χ0) is 21.9. The molecule has 2 aromatic carbocycles. The molecule has 2 amide bonds. The maximum absolute atomic E-state index is 12.1. The van der Waals surface area contributed by atoms with E-state index in [2.05, 4.69) is 10.5 Å². The standard InChI is InChI=1S/C22H28N4O4/c1-4-26(5-2)21(27)15-30-19-12-7-16(13-20(19)29-6-3)14-24-25-22(28)17-8-10-18(23)11-9-17/h7-14H,4-6,15,23H2,1-3H3,(H,25,28)/b24-14-. The Hall–Kier alpha value is -3.55. The molecule has 0 saturated heterocycles. The number of nitrogen functional groups attached to an aromatic ring is 1. The van der Waals surface area contributed by atoms with Crippen LogP contribution in [-0.2, 0) is 4.79 Å². The van der Waals surface area contributed by atoms with E-state index in [0.29, 0.717) is 48.0 Å². The Balaban J connectivity index is 2.02. The number of carbonyl (C=O) groups excluding carboxylic acids is 2. The number of rotatable bonds is 10. The number of benzene rings is 2. The Bertz CT molecular complexity index is 877. The number of likely N-dealkylation sites (N-methyl/N-ethyl adjacent to an activating group) is 1. The van der Waals surface area contributed by atoms with Gasteiger partial charge >= 0.3 is 0 Å². The van der Waals surface area contributed by atoms with Crippen molar-refractivity contribution in [3.05, 3.63) is 53.6 Å². The Labute approximate surface area is 176 Å². The fourth-order valence-corrected chi connectivity index (χ4v) is 2.66. The van der Waals surface area contributed by atoms with E-state index in [-0.39, 0.29) is 18.4 Å². The van der Waals surface area contributed by atoms with E-state index in [4.69, 9.17) is 15.2 Å². The monoisotopic (exact) mass is 412 g/mol. The van der Waals surface area contributed by atoms with Crippen molar-refractivity contribution in [2.75, 3.05) is 32.0 Å². The molecule has 160 valence electrons. The average Bonchev–Trinajstić information content (AvgIpc) is 2.74. The molecular formula is C22H28N4O4. The van der Waals surface area contributed by atoms with Gasteiger partial charge in [0.2, 0.25) is 0 Å². The van der Waals surface area contributed by atoms with E-state index in [1.807, 2.05) is 20.8 Å². The van der Waals surface area contributed by atoms with E-state index in [1.165, 1.54) is 6.21 Å². The minimum absolute atomic E-state index is 0.0627. The van der Waals surface area contributed by atoms with Crippen LogP contribution in [0, 0.1) is 0 Å². The number of anilines is 1. The number of nitrogens with zero attached hydrogens (tertiary/aromatic N) is 2. The molecule has 0 fully saturated rings. The van der Waals surface area contributed by atoms with E-state index in [9.17, 15) is 9.59 Å². The molecule has 8 nitrogen and oxygen atoms in total. The van der Waals surface area contributed by atoms with Crippen LogP contribution in [0.15, 0.2) is 47.6 Å². The smallest absolute Gasteiger partial charge is 0.271 e. The first-order valence-electron chi connectivity index (χ1n) is 9.84. The fraction of sp³-hybridized carbons (Fsp3) is 0.318. The first-order chi connectivity index (χ1) is 14.5. The summed E-state index contributed by atoms with van der Waals surface area (Å²) in [6.45, 7) is 7.35. The van der Waals surface area contributed by atoms with Crippen molar-refractivity contribution in [1.82, 2.24) is 10.3 Å². The quantitative estimate of drug-likeness (QED) is 0.354. The number of hydrazone groups is 1. The SMILES string of the molecule is CCOc1cc(/C=N\NC(=O)c2ccc(N)cc2)ccc1OCC(=O)N(CC)CC. The van der Waals surface area contributed by atoms with Crippen LogP contribution in [0.5, 0.6) is 11.5 Å². The van der Waals surface area contributed by atoms with Crippen LogP contribution >= 0.6 is 0 Å². The highest BCUT2D eigenvalue weighted by Crippen LogP contribution is 2.28. The Kier molecular flexibility index (Phi) is 8.68. The highest BCUT2D eigenvalue weighted by molar-refractivity contribution is 5.95. The van der Waals surface area contributed by atoms with Gasteiger partial charge in [-0.1, -0.05) is 0 Å². The van der Waals surface area contributed by atoms with Gasteiger partial charge in [-0.15, -0.1) is 0 Å². The second kappa shape index (κ2) is 11.5. The number of hydrogen-bond acceptors (Lipinski definition) is 6. The lowest BCUT2D eigenvalue weighted by molar-refractivity contribution is -0.133. The summed E-state index contributed by atoms with van der Waals surface area (Å²) in [6, 6.07) is 11.8. The summed E-state index contributed by atoms with van der Waals surface area (Å²) in [6.07, 6.45) is 1.50. The third-order valence-corrected chi connectivity index (χ3v) is 4.29.